The van der Waals surface area contributed by atoms with E-state index in [1.165, 1.54) is 24.3 Å². The molecule has 13 heavy (non-hydrogen) atoms. The number of amides is 2. The van der Waals surface area contributed by atoms with Gasteiger partial charge in [-0.2, -0.15) is 11.8 Å². The molecular weight excluding hydrogens is 184 g/mol. The van der Waals surface area contributed by atoms with E-state index in [2.05, 4.69) is 10.6 Å². The number of hydrogen-bond donors (Lipinski definition) is 2. The van der Waals surface area contributed by atoms with Crippen LogP contribution in [0.3, 0.4) is 0 Å². The number of thioether (sulfide) groups is 1. The lowest BCUT2D eigenvalue weighted by molar-refractivity contribution is 0.215. The van der Waals surface area contributed by atoms with Crippen molar-refractivity contribution >= 4 is 17.8 Å². The highest BCUT2D eigenvalue weighted by Crippen LogP contribution is 2.27. The minimum absolute atomic E-state index is 0.0227. The molecule has 0 aliphatic carbocycles. The summed E-state index contributed by atoms with van der Waals surface area (Å²) in [5.41, 5.74) is 0. The minimum Gasteiger partial charge on any atom is -0.338 e. The lowest BCUT2D eigenvalue weighted by Crippen LogP contribution is -2.52. The van der Waals surface area contributed by atoms with E-state index in [1.54, 1.807) is 0 Å². The quantitative estimate of drug-likeness (QED) is 0.668. The molecule has 2 heterocycles. The topological polar surface area (TPSA) is 41.1 Å². The first-order valence-corrected chi connectivity index (χ1v) is 6.14. The van der Waals surface area contributed by atoms with Crippen molar-refractivity contribution < 1.29 is 4.79 Å². The molecular formula is C9H16N2OS. The van der Waals surface area contributed by atoms with E-state index in [1.807, 2.05) is 11.8 Å². The number of carbonyl (C=O) groups is 1. The Morgan fingerprint density at radius 3 is 2.69 bits per heavy atom. The molecule has 0 aromatic carbocycles. The van der Waals surface area contributed by atoms with Crippen LogP contribution in [0.25, 0.3) is 0 Å². The Kier molecular flexibility index (Phi) is 2.98. The first kappa shape index (κ1) is 9.19. The molecule has 2 aliphatic heterocycles. The van der Waals surface area contributed by atoms with E-state index >= 15 is 0 Å². The molecule has 0 saturated carbocycles. The zero-order chi connectivity index (χ0) is 9.10. The average Bonchev–Trinajstić information content (AvgIpc) is 2.19. The SMILES string of the molecule is O=C1NCCC(C2CCSCC2)N1. The van der Waals surface area contributed by atoms with E-state index < -0.39 is 0 Å². The van der Waals surface area contributed by atoms with Crippen LogP contribution in [0, 0.1) is 5.92 Å². The lowest BCUT2D eigenvalue weighted by atomic mass is 9.91. The molecule has 4 heteroatoms. The van der Waals surface area contributed by atoms with Crippen molar-refractivity contribution in [2.24, 2.45) is 5.92 Å². The number of carbonyl (C=O) groups excluding carboxylic acids is 1. The van der Waals surface area contributed by atoms with Crippen LogP contribution in [-0.4, -0.2) is 30.1 Å². The third-order valence-corrected chi connectivity index (χ3v) is 3.94. The van der Waals surface area contributed by atoms with E-state index in [0.717, 1.165) is 18.9 Å². The largest absolute Gasteiger partial charge is 0.338 e. The second-order valence-corrected chi connectivity index (χ2v) is 4.97. The molecule has 0 bridgehead atoms. The summed E-state index contributed by atoms with van der Waals surface area (Å²) >= 11 is 2.04. The Balaban J connectivity index is 1.87. The van der Waals surface area contributed by atoms with Gasteiger partial charge in [0.2, 0.25) is 0 Å². The standard InChI is InChI=1S/C9H16N2OS/c12-9-10-4-1-8(11-9)7-2-5-13-6-3-7/h7-8H,1-6H2,(H2,10,11,12). The minimum atomic E-state index is 0.0227. The van der Waals surface area contributed by atoms with Gasteiger partial charge in [-0.1, -0.05) is 0 Å². The maximum Gasteiger partial charge on any atom is 0.315 e. The maximum absolute atomic E-state index is 11.1. The summed E-state index contributed by atoms with van der Waals surface area (Å²) in [6.45, 7) is 0.847. The van der Waals surface area contributed by atoms with Crippen molar-refractivity contribution in [2.45, 2.75) is 25.3 Å². The third-order valence-electron chi connectivity index (χ3n) is 2.89. The summed E-state index contributed by atoms with van der Waals surface area (Å²) in [5.74, 6) is 3.27. The summed E-state index contributed by atoms with van der Waals surface area (Å²) in [7, 11) is 0. The highest BCUT2D eigenvalue weighted by molar-refractivity contribution is 7.99. The molecule has 1 atom stereocenters. The van der Waals surface area contributed by atoms with Crippen LogP contribution in [-0.2, 0) is 0 Å². The van der Waals surface area contributed by atoms with Gasteiger partial charge in [-0.15, -0.1) is 0 Å². The normalized spacial score (nSPS) is 30.8. The molecule has 2 rings (SSSR count). The summed E-state index contributed by atoms with van der Waals surface area (Å²) in [5, 5.41) is 5.82. The molecule has 1 unspecified atom stereocenters. The molecule has 3 nitrogen and oxygen atoms in total. The summed E-state index contributed by atoms with van der Waals surface area (Å²) < 4.78 is 0. The highest BCUT2D eigenvalue weighted by atomic mass is 32.2. The van der Waals surface area contributed by atoms with Crippen LogP contribution in [0.1, 0.15) is 19.3 Å². The van der Waals surface area contributed by atoms with Gasteiger partial charge >= 0.3 is 6.03 Å². The van der Waals surface area contributed by atoms with Crippen molar-refractivity contribution in [2.75, 3.05) is 18.1 Å². The first-order chi connectivity index (χ1) is 6.36. The molecule has 2 fully saturated rings. The predicted octanol–water partition coefficient (Wildman–Crippen LogP) is 1.20. The Morgan fingerprint density at radius 1 is 1.23 bits per heavy atom. The monoisotopic (exact) mass is 200 g/mol. The predicted molar refractivity (Wildman–Crippen MR) is 55.0 cm³/mol. The molecule has 0 aromatic rings. The zero-order valence-electron chi connectivity index (χ0n) is 7.71. The second kappa shape index (κ2) is 4.22. The molecule has 74 valence electrons. The zero-order valence-corrected chi connectivity index (χ0v) is 8.53. The van der Waals surface area contributed by atoms with Gasteiger partial charge < -0.3 is 10.6 Å². The van der Waals surface area contributed by atoms with Crippen molar-refractivity contribution in [1.82, 2.24) is 10.6 Å². The number of urea groups is 1. The molecule has 0 radical (unpaired) electrons. The Bertz CT molecular complexity index is 192. The van der Waals surface area contributed by atoms with Gasteiger partial charge in [0, 0.05) is 12.6 Å². The van der Waals surface area contributed by atoms with Crippen molar-refractivity contribution in [3.63, 3.8) is 0 Å². The number of nitrogens with one attached hydrogen (secondary N) is 2. The van der Waals surface area contributed by atoms with Gasteiger partial charge in [-0.05, 0) is 36.7 Å². The van der Waals surface area contributed by atoms with Gasteiger partial charge in [-0.3, -0.25) is 0 Å². The van der Waals surface area contributed by atoms with Crippen LogP contribution in [0.4, 0.5) is 4.79 Å². The lowest BCUT2D eigenvalue weighted by Gasteiger charge is -2.33. The Labute approximate surface area is 83.0 Å². The number of hydrogen-bond acceptors (Lipinski definition) is 2. The van der Waals surface area contributed by atoms with Gasteiger partial charge in [0.15, 0.2) is 0 Å². The molecule has 0 aromatic heterocycles. The number of rotatable bonds is 1. The molecule has 2 amide bonds. The smallest absolute Gasteiger partial charge is 0.315 e. The van der Waals surface area contributed by atoms with E-state index in [-0.39, 0.29) is 6.03 Å². The van der Waals surface area contributed by atoms with Crippen LogP contribution in [0.2, 0.25) is 0 Å². The van der Waals surface area contributed by atoms with Gasteiger partial charge in [0.25, 0.3) is 0 Å². The molecule has 0 spiro atoms. The second-order valence-electron chi connectivity index (χ2n) is 3.75. The van der Waals surface area contributed by atoms with Crippen LogP contribution >= 0.6 is 11.8 Å². The Hall–Kier alpha value is -0.380. The van der Waals surface area contributed by atoms with E-state index in [9.17, 15) is 4.79 Å². The molecule has 2 saturated heterocycles. The van der Waals surface area contributed by atoms with Crippen molar-refractivity contribution in [1.29, 1.82) is 0 Å². The average molecular weight is 200 g/mol. The van der Waals surface area contributed by atoms with Gasteiger partial charge in [-0.25, -0.2) is 4.79 Å². The van der Waals surface area contributed by atoms with E-state index in [4.69, 9.17) is 0 Å². The third kappa shape index (κ3) is 2.30. The first-order valence-electron chi connectivity index (χ1n) is 4.98. The van der Waals surface area contributed by atoms with Crippen LogP contribution in [0.5, 0.6) is 0 Å². The summed E-state index contributed by atoms with van der Waals surface area (Å²) in [6.07, 6.45) is 3.65. The molecule has 2 aliphatic rings. The molecule has 2 N–H and O–H groups in total. The Morgan fingerprint density at radius 2 is 2.00 bits per heavy atom. The van der Waals surface area contributed by atoms with Gasteiger partial charge in [0.05, 0.1) is 0 Å². The fourth-order valence-electron chi connectivity index (χ4n) is 2.10. The fourth-order valence-corrected chi connectivity index (χ4v) is 3.25. The fraction of sp³-hybridized carbons (Fsp3) is 0.889. The van der Waals surface area contributed by atoms with Crippen LogP contribution in [0.15, 0.2) is 0 Å². The highest BCUT2D eigenvalue weighted by Gasteiger charge is 2.27. The van der Waals surface area contributed by atoms with E-state index in [0.29, 0.717) is 6.04 Å². The summed E-state index contributed by atoms with van der Waals surface area (Å²) in [6, 6.07) is 0.462. The van der Waals surface area contributed by atoms with Crippen LogP contribution < -0.4 is 10.6 Å². The summed E-state index contributed by atoms with van der Waals surface area (Å²) in [4.78, 5) is 11.1. The van der Waals surface area contributed by atoms with Crippen molar-refractivity contribution in [3.05, 3.63) is 0 Å². The maximum atomic E-state index is 11.1. The van der Waals surface area contributed by atoms with Crippen molar-refractivity contribution in [3.8, 4) is 0 Å². The van der Waals surface area contributed by atoms with Gasteiger partial charge in [0.1, 0.15) is 0 Å².